The maximum absolute atomic E-state index is 10.9. The molecular weight excluding hydrogens is 236 g/mol. The average molecular weight is 252 g/mol. The molecule has 4 nitrogen and oxygen atoms in total. The van der Waals surface area contributed by atoms with E-state index >= 15 is 0 Å². The second kappa shape index (κ2) is 4.96. The third-order valence-corrected chi connectivity index (χ3v) is 3.96. The molecule has 0 radical (unpaired) electrons. The summed E-state index contributed by atoms with van der Waals surface area (Å²) in [5.41, 5.74) is 0.300. The highest BCUT2D eigenvalue weighted by molar-refractivity contribution is 8.00. The Labute approximate surface area is 105 Å². The van der Waals surface area contributed by atoms with Crippen molar-refractivity contribution in [2.75, 3.05) is 18.0 Å². The zero-order valence-electron chi connectivity index (χ0n) is 9.96. The van der Waals surface area contributed by atoms with Crippen molar-refractivity contribution >= 4 is 23.5 Å². The zero-order chi connectivity index (χ0) is 12.4. The molecule has 17 heavy (non-hydrogen) atoms. The Bertz CT molecular complexity index is 415. The molecular formula is C12H16N2O2S. The Morgan fingerprint density at radius 2 is 2.12 bits per heavy atom. The predicted molar refractivity (Wildman–Crippen MR) is 69.9 cm³/mol. The molecule has 1 N–H and O–H groups in total. The van der Waals surface area contributed by atoms with E-state index in [4.69, 9.17) is 5.11 Å². The van der Waals surface area contributed by atoms with Crippen LogP contribution < -0.4 is 4.90 Å². The first-order chi connectivity index (χ1) is 8.06. The molecule has 0 amide bonds. The molecule has 0 saturated carbocycles. The van der Waals surface area contributed by atoms with Crippen LogP contribution in [0.25, 0.3) is 0 Å². The van der Waals surface area contributed by atoms with Crippen molar-refractivity contribution in [1.82, 2.24) is 4.98 Å². The molecule has 92 valence electrons. The average Bonchev–Trinajstić information content (AvgIpc) is 2.28. The van der Waals surface area contributed by atoms with E-state index in [1.165, 1.54) is 6.07 Å². The van der Waals surface area contributed by atoms with Gasteiger partial charge in [0.1, 0.15) is 5.82 Å². The molecule has 1 aliphatic rings. The molecule has 0 aromatic carbocycles. The number of thioether (sulfide) groups is 1. The standard InChI is InChI=1S/C12H16N2O2S/c1-8-6-14(7-9(2)17-8)11-5-10(12(15)16)3-4-13-11/h3-5,8-9H,6-7H2,1-2H3,(H,15,16). The highest BCUT2D eigenvalue weighted by Crippen LogP contribution is 2.27. The summed E-state index contributed by atoms with van der Waals surface area (Å²) >= 11 is 1.96. The first-order valence-corrected chi connectivity index (χ1v) is 6.60. The molecule has 1 fully saturated rings. The van der Waals surface area contributed by atoms with E-state index in [1.54, 1.807) is 12.3 Å². The van der Waals surface area contributed by atoms with Crippen LogP contribution in [0.4, 0.5) is 5.82 Å². The van der Waals surface area contributed by atoms with Gasteiger partial charge in [0.25, 0.3) is 0 Å². The van der Waals surface area contributed by atoms with Crippen LogP contribution in [-0.4, -0.2) is 39.6 Å². The Balaban J connectivity index is 2.21. The molecule has 1 aromatic heterocycles. The number of anilines is 1. The van der Waals surface area contributed by atoms with Gasteiger partial charge in [-0.2, -0.15) is 11.8 Å². The number of hydrogen-bond donors (Lipinski definition) is 1. The lowest BCUT2D eigenvalue weighted by Gasteiger charge is -2.35. The summed E-state index contributed by atoms with van der Waals surface area (Å²) in [6.07, 6.45) is 1.57. The van der Waals surface area contributed by atoms with E-state index in [-0.39, 0.29) is 0 Å². The summed E-state index contributed by atoms with van der Waals surface area (Å²) in [5, 5.41) is 10.1. The maximum Gasteiger partial charge on any atom is 0.335 e. The van der Waals surface area contributed by atoms with Gasteiger partial charge in [0, 0.05) is 29.8 Å². The van der Waals surface area contributed by atoms with Gasteiger partial charge >= 0.3 is 5.97 Å². The van der Waals surface area contributed by atoms with E-state index in [1.807, 2.05) is 11.8 Å². The van der Waals surface area contributed by atoms with Crippen molar-refractivity contribution in [3.8, 4) is 0 Å². The van der Waals surface area contributed by atoms with Crippen LogP contribution in [0.5, 0.6) is 0 Å². The van der Waals surface area contributed by atoms with Crippen molar-refractivity contribution in [3.63, 3.8) is 0 Å². The Morgan fingerprint density at radius 1 is 1.47 bits per heavy atom. The Hall–Kier alpha value is -1.23. The third-order valence-electron chi connectivity index (χ3n) is 2.74. The Morgan fingerprint density at radius 3 is 2.71 bits per heavy atom. The van der Waals surface area contributed by atoms with Crippen LogP contribution in [0.3, 0.4) is 0 Å². The smallest absolute Gasteiger partial charge is 0.335 e. The van der Waals surface area contributed by atoms with E-state index in [0.717, 1.165) is 18.9 Å². The highest BCUT2D eigenvalue weighted by atomic mass is 32.2. The van der Waals surface area contributed by atoms with Gasteiger partial charge in [-0.25, -0.2) is 9.78 Å². The first kappa shape index (κ1) is 12.2. The fourth-order valence-electron chi connectivity index (χ4n) is 2.09. The van der Waals surface area contributed by atoms with Gasteiger partial charge in [-0.15, -0.1) is 0 Å². The van der Waals surface area contributed by atoms with Crippen LogP contribution in [0.15, 0.2) is 18.3 Å². The number of aromatic nitrogens is 1. The van der Waals surface area contributed by atoms with Crippen LogP contribution in [0, 0.1) is 0 Å². The van der Waals surface area contributed by atoms with Crippen LogP contribution in [0.1, 0.15) is 24.2 Å². The third kappa shape index (κ3) is 2.91. The van der Waals surface area contributed by atoms with E-state index in [2.05, 4.69) is 23.7 Å². The van der Waals surface area contributed by atoms with Gasteiger partial charge in [-0.3, -0.25) is 0 Å². The minimum absolute atomic E-state index is 0.300. The lowest BCUT2D eigenvalue weighted by atomic mass is 10.2. The van der Waals surface area contributed by atoms with Crippen molar-refractivity contribution in [3.05, 3.63) is 23.9 Å². The highest BCUT2D eigenvalue weighted by Gasteiger charge is 2.23. The Kier molecular flexibility index (Phi) is 3.57. The number of nitrogens with zero attached hydrogens (tertiary/aromatic N) is 2. The molecule has 2 rings (SSSR count). The fourth-order valence-corrected chi connectivity index (χ4v) is 3.41. The van der Waals surface area contributed by atoms with Crippen LogP contribution in [0.2, 0.25) is 0 Å². The first-order valence-electron chi connectivity index (χ1n) is 5.66. The van der Waals surface area contributed by atoms with Gasteiger partial charge in [0.05, 0.1) is 5.56 Å². The number of carboxylic acid groups (broad SMARTS) is 1. The minimum Gasteiger partial charge on any atom is -0.478 e. The van der Waals surface area contributed by atoms with Crippen molar-refractivity contribution in [2.45, 2.75) is 24.3 Å². The number of aromatic carboxylic acids is 1. The topological polar surface area (TPSA) is 53.4 Å². The molecule has 2 heterocycles. The maximum atomic E-state index is 10.9. The molecule has 0 bridgehead atoms. The molecule has 1 saturated heterocycles. The molecule has 5 heteroatoms. The zero-order valence-corrected chi connectivity index (χ0v) is 10.8. The van der Waals surface area contributed by atoms with Crippen molar-refractivity contribution in [2.24, 2.45) is 0 Å². The van der Waals surface area contributed by atoms with Crippen molar-refractivity contribution < 1.29 is 9.90 Å². The number of carbonyl (C=O) groups is 1. The van der Waals surface area contributed by atoms with Gasteiger partial charge in [0.2, 0.25) is 0 Å². The molecule has 0 spiro atoms. The number of pyridine rings is 1. The fraction of sp³-hybridized carbons (Fsp3) is 0.500. The summed E-state index contributed by atoms with van der Waals surface area (Å²) in [5.74, 6) is -0.134. The lowest BCUT2D eigenvalue weighted by molar-refractivity contribution is 0.0697. The molecule has 2 atom stereocenters. The quantitative estimate of drug-likeness (QED) is 0.873. The summed E-state index contributed by atoms with van der Waals surface area (Å²) in [6.45, 7) is 6.22. The summed E-state index contributed by atoms with van der Waals surface area (Å²) in [7, 11) is 0. The SMILES string of the molecule is CC1CN(c2cc(C(=O)O)ccn2)CC(C)S1. The van der Waals surface area contributed by atoms with E-state index in [9.17, 15) is 4.79 Å². The normalized spacial score (nSPS) is 24.7. The number of hydrogen-bond acceptors (Lipinski definition) is 4. The molecule has 1 aromatic rings. The van der Waals surface area contributed by atoms with Gasteiger partial charge in [-0.05, 0) is 12.1 Å². The van der Waals surface area contributed by atoms with Crippen LogP contribution in [-0.2, 0) is 0 Å². The largest absolute Gasteiger partial charge is 0.478 e. The van der Waals surface area contributed by atoms with E-state index < -0.39 is 5.97 Å². The second-order valence-corrected chi connectivity index (χ2v) is 6.25. The van der Waals surface area contributed by atoms with Crippen LogP contribution >= 0.6 is 11.8 Å². The number of rotatable bonds is 2. The number of carboxylic acids is 1. The summed E-state index contributed by atoms with van der Waals surface area (Å²) in [6, 6.07) is 3.18. The van der Waals surface area contributed by atoms with Gasteiger partial charge in [0.15, 0.2) is 0 Å². The molecule has 0 aliphatic carbocycles. The molecule has 1 aliphatic heterocycles. The second-order valence-electron chi connectivity index (χ2n) is 4.37. The van der Waals surface area contributed by atoms with Gasteiger partial charge in [-0.1, -0.05) is 13.8 Å². The predicted octanol–water partition coefficient (Wildman–Crippen LogP) is 2.11. The lowest BCUT2D eigenvalue weighted by Crippen LogP contribution is -2.40. The summed E-state index contributed by atoms with van der Waals surface area (Å²) < 4.78 is 0. The minimum atomic E-state index is -0.902. The molecule has 2 unspecified atom stereocenters. The van der Waals surface area contributed by atoms with E-state index in [0.29, 0.717) is 16.1 Å². The monoisotopic (exact) mass is 252 g/mol. The summed E-state index contributed by atoms with van der Waals surface area (Å²) in [4.78, 5) is 17.3. The van der Waals surface area contributed by atoms with Crippen molar-refractivity contribution in [1.29, 1.82) is 0 Å². The van der Waals surface area contributed by atoms with Gasteiger partial charge < -0.3 is 10.0 Å².